The number of hydrogen-bond acceptors (Lipinski definition) is 5. The summed E-state index contributed by atoms with van der Waals surface area (Å²) in [5.41, 5.74) is 2.37. The largest absolute Gasteiger partial charge is 0.497 e. The number of benzene rings is 1. The summed E-state index contributed by atoms with van der Waals surface area (Å²) in [6.07, 6.45) is 0. The monoisotopic (exact) mass is 432 g/mol. The Morgan fingerprint density at radius 2 is 1.86 bits per heavy atom. The first-order chi connectivity index (χ1) is 13.7. The zero-order valence-electron chi connectivity index (χ0n) is 16.9. The molecule has 6 nitrogen and oxygen atoms in total. The van der Waals surface area contributed by atoms with Crippen LogP contribution in [0.3, 0.4) is 0 Å². The van der Waals surface area contributed by atoms with Crippen LogP contribution in [0.25, 0.3) is 0 Å². The molecule has 0 unspecified atom stereocenters. The first-order valence-electron chi connectivity index (χ1n) is 9.06. The minimum Gasteiger partial charge on any atom is -0.497 e. The number of hydrogen-bond donors (Lipinski definition) is 0. The van der Waals surface area contributed by atoms with Gasteiger partial charge in [-0.05, 0) is 55.6 Å². The van der Waals surface area contributed by atoms with Gasteiger partial charge in [0.1, 0.15) is 5.75 Å². The van der Waals surface area contributed by atoms with Crippen molar-refractivity contribution >= 4 is 27.1 Å². The molecule has 0 atom stereocenters. The Labute approximate surface area is 175 Å². The molecule has 0 saturated carbocycles. The van der Waals surface area contributed by atoms with Gasteiger partial charge in [-0.1, -0.05) is 6.07 Å². The summed E-state index contributed by atoms with van der Waals surface area (Å²) < 4.78 is 33.8. The highest BCUT2D eigenvalue weighted by Crippen LogP contribution is 2.22. The minimum absolute atomic E-state index is 0.122. The number of thiophene rings is 1. The molecule has 154 valence electrons. The standard InChI is InChI=1S/C21H24N2O4S2/c1-15-12-20(16(2)23(15)13-18-6-5-11-28-18)21(24)14-22(3)29(25,26)19-9-7-17(27-4)8-10-19/h5-12H,13-14H2,1-4H3. The van der Waals surface area contributed by atoms with Crippen LogP contribution in [-0.2, 0) is 16.6 Å². The number of aromatic nitrogens is 1. The third-order valence-electron chi connectivity index (χ3n) is 4.90. The topological polar surface area (TPSA) is 68.6 Å². The lowest BCUT2D eigenvalue weighted by Gasteiger charge is -2.17. The molecule has 8 heteroatoms. The van der Waals surface area contributed by atoms with E-state index in [1.807, 2.05) is 31.4 Å². The van der Waals surface area contributed by atoms with E-state index in [-0.39, 0.29) is 17.2 Å². The van der Waals surface area contributed by atoms with E-state index in [0.29, 0.717) is 17.9 Å². The third kappa shape index (κ3) is 4.44. The first kappa shape index (κ1) is 21.3. The van der Waals surface area contributed by atoms with Gasteiger partial charge in [0.2, 0.25) is 10.0 Å². The van der Waals surface area contributed by atoms with Gasteiger partial charge in [-0.25, -0.2) is 8.42 Å². The van der Waals surface area contributed by atoms with Crippen molar-refractivity contribution in [3.63, 3.8) is 0 Å². The highest BCUT2D eigenvalue weighted by molar-refractivity contribution is 7.89. The second-order valence-corrected chi connectivity index (χ2v) is 9.89. The third-order valence-corrected chi connectivity index (χ3v) is 7.58. The lowest BCUT2D eigenvalue weighted by atomic mass is 10.1. The number of methoxy groups -OCH3 is 1. The fourth-order valence-corrected chi connectivity index (χ4v) is 5.00. The summed E-state index contributed by atoms with van der Waals surface area (Å²) in [5, 5.41) is 2.02. The fraction of sp³-hybridized carbons (Fsp3) is 0.286. The van der Waals surface area contributed by atoms with E-state index in [1.54, 1.807) is 23.5 Å². The summed E-state index contributed by atoms with van der Waals surface area (Å²) in [6, 6.07) is 12.0. The van der Waals surface area contributed by atoms with Crippen molar-refractivity contribution in [1.82, 2.24) is 8.87 Å². The van der Waals surface area contributed by atoms with Gasteiger partial charge >= 0.3 is 0 Å². The molecule has 1 aromatic carbocycles. The van der Waals surface area contributed by atoms with E-state index in [1.165, 1.54) is 31.2 Å². The number of carbonyl (C=O) groups is 1. The van der Waals surface area contributed by atoms with Crippen LogP contribution < -0.4 is 4.74 Å². The molecular weight excluding hydrogens is 408 g/mol. The van der Waals surface area contributed by atoms with Crippen molar-refractivity contribution in [2.45, 2.75) is 25.3 Å². The van der Waals surface area contributed by atoms with Crippen molar-refractivity contribution in [3.05, 3.63) is 69.7 Å². The second-order valence-electron chi connectivity index (χ2n) is 6.81. The number of likely N-dealkylation sites (N-methyl/N-ethyl adjacent to an activating group) is 1. The SMILES string of the molecule is COc1ccc(S(=O)(=O)N(C)CC(=O)c2cc(C)n(Cc3cccs3)c2C)cc1. The molecule has 0 amide bonds. The van der Waals surface area contributed by atoms with Gasteiger partial charge in [0.15, 0.2) is 5.78 Å². The molecule has 0 spiro atoms. The quantitative estimate of drug-likeness (QED) is 0.509. The fourth-order valence-electron chi connectivity index (χ4n) is 3.19. The summed E-state index contributed by atoms with van der Waals surface area (Å²) >= 11 is 1.66. The summed E-state index contributed by atoms with van der Waals surface area (Å²) in [6.45, 7) is 4.32. The summed E-state index contributed by atoms with van der Waals surface area (Å²) in [5.74, 6) is 0.343. The maximum absolute atomic E-state index is 12.9. The predicted molar refractivity (Wildman–Crippen MR) is 114 cm³/mol. The number of nitrogens with zero attached hydrogens (tertiary/aromatic N) is 2. The van der Waals surface area contributed by atoms with Crippen molar-refractivity contribution < 1.29 is 17.9 Å². The van der Waals surface area contributed by atoms with E-state index in [9.17, 15) is 13.2 Å². The zero-order chi connectivity index (χ0) is 21.2. The molecule has 0 fully saturated rings. The molecule has 0 saturated heterocycles. The zero-order valence-corrected chi connectivity index (χ0v) is 18.5. The maximum atomic E-state index is 12.9. The number of aryl methyl sites for hydroxylation is 1. The van der Waals surface area contributed by atoms with Gasteiger partial charge in [-0.15, -0.1) is 11.3 Å². The molecule has 0 bridgehead atoms. The molecule has 2 aromatic heterocycles. The van der Waals surface area contributed by atoms with Crippen molar-refractivity contribution in [2.75, 3.05) is 20.7 Å². The molecular formula is C21H24N2O4S2. The Hall–Kier alpha value is -2.42. The number of Topliss-reactive ketones (excluding diaryl/α,β-unsaturated/α-hetero) is 1. The van der Waals surface area contributed by atoms with Gasteiger partial charge in [0.05, 0.1) is 25.1 Å². The van der Waals surface area contributed by atoms with E-state index in [0.717, 1.165) is 15.7 Å². The number of ether oxygens (including phenoxy) is 1. The predicted octanol–water partition coefficient (Wildman–Crippen LogP) is 3.73. The Balaban J connectivity index is 1.78. The van der Waals surface area contributed by atoms with Gasteiger partial charge in [-0.3, -0.25) is 4.79 Å². The molecule has 3 aromatic rings. The van der Waals surface area contributed by atoms with Crippen LogP contribution in [0.15, 0.2) is 52.7 Å². The van der Waals surface area contributed by atoms with Crippen LogP contribution in [0.2, 0.25) is 0 Å². The van der Waals surface area contributed by atoms with Gasteiger partial charge in [0.25, 0.3) is 0 Å². The van der Waals surface area contributed by atoms with Crippen LogP contribution in [0.4, 0.5) is 0 Å². The molecule has 3 rings (SSSR count). The van der Waals surface area contributed by atoms with Crippen LogP contribution in [0.5, 0.6) is 5.75 Å². The van der Waals surface area contributed by atoms with Crippen LogP contribution in [0, 0.1) is 13.8 Å². The molecule has 2 heterocycles. The molecule has 29 heavy (non-hydrogen) atoms. The smallest absolute Gasteiger partial charge is 0.243 e. The minimum atomic E-state index is -3.77. The van der Waals surface area contributed by atoms with Crippen LogP contribution in [-0.4, -0.2) is 43.8 Å². The average molecular weight is 433 g/mol. The first-order valence-corrected chi connectivity index (χ1v) is 11.4. The van der Waals surface area contributed by atoms with Crippen LogP contribution >= 0.6 is 11.3 Å². The average Bonchev–Trinajstić information content (AvgIpc) is 3.31. The second kappa shape index (κ2) is 8.52. The van der Waals surface area contributed by atoms with E-state index < -0.39 is 10.0 Å². The Kier molecular flexibility index (Phi) is 6.26. The molecule has 0 radical (unpaired) electrons. The molecule has 0 aliphatic rings. The molecule has 0 aliphatic carbocycles. The summed E-state index contributed by atoms with van der Waals surface area (Å²) in [4.78, 5) is 14.2. The van der Waals surface area contributed by atoms with E-state index >= 15 is 0 Å². The molecule has 0 aliphatic heterocycles. The molecule has 0 N–H and O–H groups in total. The van der Waals surface area contributed by atoms with Crippen molar-refractivity contribution in [1.29, 1.82) is 0 Å². The highest BCUT2D eigenvalue weighted by Gasteiger charge is 2.25. The van der Waals surface area contributed by atoms with Gasteiger partial charge in [-0.2, -0.15) is 4.31 Å². The van der Waals surface area contributed by atoms with Gasteiger partial charge < -0.3 is 9.30 Å². The lowest BCUT2D eigenvalue weighted by molar-refractivity contribution is 0.0972. The van der Waals surface area contributed by atoms with Crippen molar-refractivity contribution in [2.24, 2.45) is 0 Å². The van der Waals surface area contributed by atoms with Gasteiger partial charge in [0, 0.05) is 28.9 Å². The lowest BCUT2D eigenvalue weighted by Crippen LogP contribution is -2.32. The Morgan fingerprint density at radius 3 is 2.45 bits per heavy atom. The number of carbonyl (C=O) groups excluding carboxylic acids is 1. The number of ketones is 1. The van der Waals surface area contributed by atoms with Crippen molar-refractivity contribution in [3.8, 4) is 5.75 Å². The Morgan fingerprint density at radius 1 is 1.17 bits per heavy atom. The normalized spacial score (nSPS) is 11.8. The van der Waals surface area contributed by atoms with E-state index in [4.69, 9.17) is 4.74 Å². The number of sulfonamides is 1. The number of rotatable bonds is 8. The Bertz CT molecular complexity index is 1100. The van der Waals surface area contributed by atoms with Crippen LogP contribution in [0.1, 0.15) is 26.6 Å². The maximum Gasteiger partial charge on any atom is 0.243 e. The summed E-state index contributed by atoms with van der Waals surface area (Å²) in [7, 11) is -0.836. The van der Waals surface area contributed by atoms with E-state index in [2.05, 4.69) is 10.6 Å². The highest BCUT2D eigenvalue weighted by atomic mass is 32.2.